The van der Waals surface area contributed by atoms with Crippen LogP contribution < -0.4 is 5.73 Å². The minimum Gasteiger partial charge on any atom is -0.320 e. The second-order valence-electron chi connectivity index (χ2n) is 5.54. The smallest absolute Gasteiger partial charge is 0.128 e. The topological polar surface area (TPSA) is 26.0 Å². The van der Waals surface area contributed by atoms with Crippen LogP contribution in [0.4, 0.5) is 4.39 Å². The van der Waals surface area contributed by atoms with Crippen molar-refractivity contribution in [2.75, 3.05) is 0 Å². The maximum Gasteiger partial charge on any atom is 0.128 e. The minimum absolute atomic E-state index is 0.241. The minimum atomic E-state index is -0.422. The zero-order valence-electron chi connectivity index (χ0n) is 12.8. The molecular weight excluding hydrogens is 249 g/mol. The lowest BCUT2D eigenvalue weighted by Gasteiger charge is -2.23. The van der Waals surface area contributed by atoms with Crippen molar-refractivity contribution in [3.8, 4) is 0 Å². The van der Waals surface area contributed by atoms with E-state index in [-0.39, 0.29) is 5.82 Å². The summed E-state index contributed by atoms with van der Waals surface area (Å²) in [6, 6.07) is 6.33. The van der Waals surface area contributed by atoms with Crippen LogP contribution in [0.25, 0.3) is 0 Å². The van der Waals surface area contributed by atoms with Crippen molar-refractivity contribution in [3.63, 3.8) is 0 Å². The molecule has 0 aliphatic carbocycles. The zero-order valence-corrected chi connectivity index (χ0v) is 12.8. The maximum absolute atomic E-state index is 14.0. The highest BCUT2D eigenvalue weighted by molar-refractivity contribution is 5.52. The molecule has 2 aromatic carbocycles. The highest BCUT2D eigenvalue weighted by Crippen LogP contribution is 2.33. The third-order valence-electron chi connectivity index (χ3n) is 4.61. The Labute approximate surface area is 120 Å². The first kappa shape index (κ1) is 14.7. The number of hydrogen-bond acceptors (Lipinski definition) is 1. The summed E-state index contributed by atoms with van der Waals surface area (Å²) in [6.45, 7) is 10.5. The number of hydrogen-bond donors (Lipinski definition) is 1. The Bertz CT molecular complexity index is 630. The molecule has 0 aliphatic rings. The van der Waals surface area contributed by atoms with Crippen LogP contribution in [-0.2, 0) is 0 Å². The molecule has 2 aromatic rings. The molecule has 1 atom stereocenters. The predicted molar refractivity (Wildman–Crippen MR) is 82.6 cm³/mol. The van der Waals surface area contributed by atoms with Crippen LogP contribution in [0.15, 0.2) is 24.3 Å². The van der Waals surface area contributed by atoms with E-state index >= 15 is 0 Å². The van der Waals surface area contributed by atoms with Gasteiger partial charge in [0.1, 0.15) is 5.82 Å². The largest absolute Gasteiger partial charge is 0.320 e. The van der Waals surface area contributed by atoms with Crippen molar-refractivity contribution in [1.82, 2.24) is 0 Å². The molecule has 106 valence electrons. The maximum atomic E-state index is 14.0. The lowest BCUT2D eigenvalue weighted by atomic mass is 9.84. The van der Waals surface area contributed by atoms with Crippen molar-refractivity contribution >= 4 is 0 Å². The molecule has 2 rings (SSSR count). The van der Waals surface area contributed by atoms with E-state index in [1.807, 2.05) is 6.07 Å². The van der Waals surface area contributed by atoms with Gasteiger partial charge in [0, 0.05) is 5.56 Å². The van der Waals surface area contributed by atoms with Crippen LogP contribution >= 0.6 is 0 Å². The average Bonchev–Trinajstić information content (AvgIpc) is 2.43. The Morgan fingerprint density at radius 3 is 1.75 bits per heavy atom. The van der Waals surface area contributed by atoms with Gasteiger partial charge in [0.05, 0.1) is 6.04 Å². The lowest BCUT2D eigenvalue weighted by molar-refractivity contribution is 0.598. The first-order chi connectivity index (χ1) is 9.36. The van der Waals surface area contributed by atoms with Crippen LogP contribution in [0.3, 0.4) is 0 Å². The van der Waals surface area contributed by atoms with Crippen LogP contribution in [0, 0.1) is 40.4 Å². The van der Waals surface area contributed by atoms with E-state index in [0.29, 0.717) is 5.56 Å². The summed E-state index contributed by atoms with van der Waals surface area (Å²) < 4.78 is 14.0. The fraction of sp³-hybridized carbons (Fsp3) is 0.333. The first-order valence-electron chi connectivity index (χ1n) is 6.93. The van der Waals surface area contributed by atoms with E-state index in [1.54, 1.807) is 12.1 Å². The molecule has 0 aliphatic heterocycles. The standard InChI is InChI=1S/C18H22FN/c1-10-11(2)13(4)17(14(5)12(10)3)18(20)15-8-6-7-9-16(15)19/h6-9,18H,20H2,1-5H3. The van der Waals surface area contributed by atoms with Gasteiger partial charge in [-0.2, -0.15) is 0 Å². The molecule has 0 heterocycles. The Hall–Kier alpha value is -1.67. The number of rotatable bonds is 2. The molecule has 0 saturated heterocycles. The lowest BCUT2D eigenvalue weighted by Crippen LogP contribution is -2.18. The van der Waals surface area contributed by atoms with E-state index in [4.69, 9.17) is 5.73 Å². The highest BCUT2D eigenvalue weighted by atomic mass is 19.1. The van der Waals surface area contributed by atoms with Gasteiger partial charge in [-0.25, -0.2) is 4.39 Å². The Morgan fingerprint density at radius 1 is 0.800 bits per heavy atom. The summed E-state index contributed by atoms with van der Waals surface area (Å²) >= 11 is 0. The summed E-state index contributed by atoms with van der Waals surface area (Å²) in [5.41, 5.74) is 14.1. The van der Waals surface area contributed by atoms with Crippen molar-refractivity contribution in [2.24, 2.45) is 5.73 Å². The van der Waals surface area contributed by atoms with Gasteiger partial charge in [0.15, 0.2) is 0 Å². The molecule has 0 radical (unpaired) electrons. The normalized spacial score (nSPS) is 12.6. The summed E-state index contributed by atoms with van der Waals surface area (Å²) in [7, 11) is 0. The Kier molecular flexibility index (Phi) is 3.96. The van der Waals surface area contributed by atoms with E-state index in [2.05, 4.69) is 34.6 Å². The Balaban J connectivity index is 2.68. The second kappa shape index (κ2) is 5.37. The molecule has 0 amide bonds. The number of nitrogens with two attached hydrogens (primary N) is 1. The number of halogens is 1. The molecule has 0 bridgehead atoms. The average molecular weight is 271 g/mol. The number of benzene rings is 2. The van der Waals surface area contributed by atoms with E-state index in [0.717, 1.165) is 5.56 Å². The van der Waals surface area contributed by atoms with Crippen molar-refractivity contribution < 1.29 is 4.39 Å². The zero-order chi connectivity index (χ0) is 15.0. The van der Waals surface area contributed by atoms with Gasteiger partial charge < -0.3 is 5.73 Å². The quantitative estimate of drug-likeness (QED) is 0.860. The molecule has 1 unspecified atom stereocenters. The van der Waals surface area contributed by atoms with Crippen molar-refractivity contribution in [1.29, 1.82) is 0 Å². The summed E-state index contributed by atoms with van der Waals surface area (Å²) in [4.78, 5) is 0. The van der Waals surface area contributed by atoms with Gasteiger partial charge in [-0.05, 0) is 74.1 Å². The van der Waals surface area contributed by atoms with E-state index < -0.39 is 6.04 Å². The molecule has 0 spiro atoms. The fourth-order valence-electron chi connectivity index (χ4n) is 2.88. The predicted octanol–water partition coefficient (Wildman–Crippen LogP) is 4.42. The first-order valence-corrected chi connectivity index (χ1v) is 6.93. The van der Waals surface area contributed by atoms with E-state index in [9.17, 15) is 4.39 Å². The van der Waals surface area contributed by atoms with Crippen LogP contribution in [0.5, 0.6) is 0 Å². The van der Waals surface area contributed by atoms with Crippen LogP contribution in [0.1, 0.15) is 45.0 Å². The van der Waals surface area contributed by atoms with Gasteiger partial charge in [-0.15, -0.1) is 0 Å². The van der Waals surface area contributed by atoms with Gasteiger partial charge in [0.25, 0.3) is 0 Å². The summed E-state index contributed by atoms with van der Waals surface area (Å²) in [6.07, 6.45) is 0. The molecule has 1 nitrogen and oxygen atoms in total. The highest BCUT2D eigenvalue weighted by Gasteiger charge is 2.20. The SMILES string of the molecule is Cc1c(C)c(C)c(C(N)c2ccccc2F)c(C)c1C. The monoisotopic (exact) mass is 271 g/mol. The van der Waals surface area contributed by atoms with Crippen LogP contribution in [-0.4, -0.2) is 0 Å². The third kappa shape index (κ3) is 2.25. The van der Waals surface area contributed by atoms with Gasteiger partial charge >= 0.3 is 0 Å². The second-order valence-corrected chi connectivity index (χ2v) is 5.54. The van der Waals surface area contributed by atoms with Crippen molar-refractivity contribution in [3.05, 3.63) is 69.0 Å². The molecular formula is C18H22FN. The Morgan fingerprint density at radius 2 is 1.25 bits per heavy atom. The summed E-state index contributed by atoms with van der Waals surface area (Å²) in [5.74, 6) is -0.241. The molecule has 0 fully saturated rings. The van der Waals surface area contributed by atoms with Crippen molar-refractivity contribution in [2.45, 2.75) is 40.7 Å². The van der Waals surface area contributed by atoms with Gasteiger partial charge in [-0.1, -0.05) is 18.2 Å². The van der Waals surface area contributed by atoms with Gasteiger partial charge in [-0.3, -0.25) is 0 Å². The molecule has 0 aromatic heterocycles. The molecule has 0 saturated carbocycles. The third-order valence-corrected chi connectivity index (χ3v) is 4.61. The molecule has 2 N–H and O–H groups in total. The van der Waals surface area contributed by atoms with Crippen LogP contribution in [0.2, 0.25) is 0 Å². The van der Waals surface area contributed by atoms with E-state index in [1.165, 1.54) is 33.9 Å². The fourth-order valence-corrected chi connectivity index (χ4v) is 2.88. The van der Waals surface area contributed by atoms with Gasteiger partial charge in [0.2, 0.25) is 0 Å². The summed E-state index contributed by atoms with van der Waals surface area (Å²) in [5, 5.41) is 0. The molecule has 20 heavy (non-hydrogen) atoms. The molecule has 2 heteroatoms.